The van der Waals surface area contributed by atoms with Crippen LogP contribution in [0.3, 0.4) is 0 Å². The third-order valence-electron chi connectivity index (χ3n) is 5.42. The van der Waals surface area contributed by atoms with Gasteiger partial charge in [0.2, 0.25) is 11.1 Å². The molecular formula is C22H25N5O2S. The summed E-state index contributed by atoms with van der Waals surface area (Å²) in [6, 6.07) is 13.5. The minimum atomic E-state index is -0.417. The van der Waals surface area contributed by atoms with Crippen LogP contribution in [0, 0.1) is 13.8 Å². The summed E-state index contributed by atoms with van der Waals surface area (Å²) in [6.45, 7) is 6.09. The van der Waals surface area contributed by atoms with Crippen molar-refractivity contribution in [2.75, 3.05) is 17.9 Å². The molecule has 30 heavy (non-hydrogen) atoms. The predicted octanol–water partition coefficient (Wildman–Crippen LogP) is 3.86. The zero-order chi connectivity index (χ0) is 21.3. The number of aromatic nitrogens is 3. The number of thioether (sulfide) groups is 1. The van der Waals surface area contributed by atoms with Crippen molar-refractivity contribution in [3.63, 3.8) is 0 Å². The van der Waals surface area contributed by atoms with Crippen molar-refractivity contribution in [3.8, 4) is 5.75 Å². The molecule has 1 amide bonds. The Hall–Kier alpha value is -3.00. The summed E-state index contributed by atoms with van der Waals surface area (Å²) < 4.78 is 7.17. The first kappa shape index (κ1) is 20.3. The highest BCUT2D eigenvalue weighted by molar-refractivity contribution is 8.00. The van der Waals surface area contributed by atoms with E-state index in [2.05, 4.69) is 20.9 Å². The van der Waals surface area contributed by atoms with Crippen LogP contribution in [0.15, 0.2) is 47.6 Å². The highest BCUT2D eigenvalue weighted by atomic mass is 32.2. The van der Waals surface area contributed by atoms with Gasteiger partial charge in [0, 0.05) is 12.1 Å². The van der Waals surface area contributed by atoms with Gasteiger partial charge in [-0.3, -0.25) is 4.79 Å². The molecular weight excluding hydrogens is 398 g/mol. The van der Waals surface area contributed by atoms with Crippen molar-refractivity contribution in [1.29, 1.82) is 0 Å². The third-order valence-corrected chi connectivity index (χ3v) is 6.63. The number of nitrogens with one attached hydrogen (secondary N) is 2. The molecule has 8 heteroatoms. The van der Waals surface area contributed by atoms with Crippen molar-refractivity contribution in [3.05, 3.63) is 65.0 Å². The molecule has 0 radical (unpaired) electrons. The van der Waals surface area contributed by atoms with Crippen LogP contribution in [-0.4, -0.2) is 33.1 Å². The van der Waals surface area contributed by atoms with Crippen LogP contribution >= 0.6 is 11.8 Å². The van der Waals surface area contributed by atoms with E-state index in [1.165, 1.54) is 11.8 Å². The number of methoxy groups -OCH3 is 1. The molecule has 1 aliphatic heterocycles. The topological polar surface area (TPSA) is 81.1 Å². The van der Waals surface area contributed by atoms with Crippen LogP contribution in [-0.2, 0) is 11.2 Å². The second-order valence-electron chi connectivity index (χ2n) is 7.24. The maximum Gasteiger partial charge on any atom is 0.240 e. The summed E-state index contributed by atoms with van der Waals surface area (Å²) in [6.07, 6.45) is 0.745. The number of fused-ring (bicyclic) bond motifs is 1. The lowest BCUT2D eigenvalue weighted by Crippen LogP contribution is -2.41. The molecule has 3 aromatic rings. The summed E-state index contributed by atoms with van der Waals surface area (Å²) in [5.74, 6) is 1.54. The Labute approximate surface area is 180 Å². The molecule has 4 rings (SSSR count). The standard InChI is InChI=1S/C22H25N5O2S/c1-5-18-24-25-22-27(18)26-19(15-9-11-16(29-4)12-10-15)20(30-22)21(28)23-17-8-6-7-13(2)14(17)3/h6-12,19-20,26H,5H2,1-4H3,(H,23,28)/t19-,20+/m0/s1. The van der Waals surface area contributed by atoms with Gasteiger partial charge in [0.1, 0.15) is 11.0 Å². The SMILES string of the molecule is CCc1nnc2n1N[C@@H](c1ccc(OC)cc1)[C@H](C(=O)Nc1cccc(C)c1C)S2. The van der Waals surface area contributed by atoms with Gasteiger partial charge < -0.3 is 15.5 Å². The second kappa shape index (κ2) is 8.39. The maximum atomic E-state index is 13.4. The maximum absolute atomic E-state index is 13.4. The van der Waals surface area contributed by atoms with Gasteiger partial charge in [-0.25, -0.2) is 4.68 Å². The van der Waals surface area contributed by atoms with Crippen LogP contribution in [0.25, 0.3) is 0 Å². The molecule has 2 N–H and O–H groups in total. The monoisotopic (exact) mass is 423 g/mol. The molecule has 0 saturated heterocycles. The largest absolute Gasteiger partial charge is 0.497 e. The number of rotatable bonds is 5. The molecule has 0 bridgehead atoms. The lowest BCUT2D eigenvalue weighted by atomic mass is 10.0. The summed E-state index contributed by atoms with van der Waals surface area (Å²) in [5, 5.41) is 11.9. The van der Waals surface area contributed by atoms with E-state index in [0.29, 0.717) is 5.16 Å². The first-order chi connectivity index (χ1) is 14.5. The Bertz CT molecular complexity index is 1060. The van der Waals surface area contributed by atoms with Gasteiger partial charge in [0.05, 0.1) is 13.2 Å². The number of hydrogen-bond donors (Lipinski definition) is 2. The van der Waals surface area contributed by atoms with Crippen molar-refractivity contribution in [2.45, 2.75) is 43.6 Å². The number of benzene rings is 2. The Morgan fingerprint density at radius 1 is 1.20 bits per heavy atom. The Morgan fingerprint density at radius 3 is 2.67 bits per heavy atom. The van der Waals surface area contributed by atoms with Gasteiger partial charge >= 0.3 is 0 Å². The molecule has 2 atom stereocenters. The average Bonchev–Trinajstić information content (AvgIpc) is 3.18. The minimum Gasteiger partial charge on any atom is -0.497 e. The number of anilines is 1. The zero-order valence-corrected chi connectivity index (χ0v) is 18.3. The molecule has 0 aliphatic carbocycles. The van der Waals surface area contributed by atoms with Gasteiger partial charge in [-0.05, 0) is 48.7 Å². The second-order valence-corrected chi connectivity index (χ2v) is 8.35. The fraction of sp³-hybridized carbons (Fsp3) is 0.318. The highest BCUT2D eigenvalue weighted by Crippen LogP contribution is 2.38. The van der Waals surface area contributed by atoms with Crippen molar-refractivity contribution in [1.82, 2.24) is 14.9 Å². The number of ether oxygens (including phenoxy) is 1. The quantitative estimate of drug-likeness (QED) is 0.649. The molecule has 156 valence electrons. The Kier molecular flexibility index (Phi) is 5.67. The molecule has 2 heterocycles. The Morgan fingerprint density at radius 2 is 1.97 bits per heavy atom. The fourth-order valence-corrected chi connectivity index (χ4v) is 4.58. The van der Waals surface area contributed by atoms with Crippen LogP contribution in [0.4, 0.5) is 5.69 Å². The van der Waals surface area contributed by atoms with E-state index in [1.807, 2.05) is 67.9 Å². The normalized spacial score (nSPS) is 17.7. The number of hydrogen-bond acceptors (Lipinski definition) is 6. The molecule has 1 aliphatic rings. The third kappa shape index (κ3) is 3.75. The molecule has 7 nitrogen and oxygen atoms in total. The van der Waals surface area contributed by atoms with Gasteiger partial charge in [0.25, 0.3) is 0 Å². The molecule has 0 spiro atoms. The van der Waals surface area contributed by atoms with Crippen LogP contribution in [0.2, 0.25) is 0 Å². The number of carbonyl (C=O) groups excluding carboxylic acids is 1. The fourth-order valence-electron chi connectivity index (χ4n) is 3.48. The summed E-state index contributed by atoms with van der Waals surface area (Å²) in [4.78, 5) is 13.4. The number of carbonyl (C=O) groups is 1. The van der Waals surface area contributed by atoms with Gasteiger partial charge in [0.15, 0.2) is 5.82 Å². The Balaban J connectivity index is 1.68. The smallest absolute Gasteiger partial charge is 0.240 e. The van der Waals surface area contributed by atoms with E-state index in [9.17, 15) is 4.79 Å². The zero-order valence-electron chi connectivity index (χ0n) is 17.5. The van der Waals surface area contributed by atoms with E-state index < -0.39 is 5.25 Å². The molecule has 1 aromatic heterocycles. The number of aryl methyl sites for hydroxylation is 2. The average molecular weight is 424 g/mol. The van der Waals surface area contributed by atoms with E-state index >= 15 is 0 Å². The lowest BCUT2D eigenvalue weighted by molar-refractivity contribution is -0.116. The van der Waals surface area contributed by atoms with Crippen molar-refractivity contribution >= 4 is 23.4 Å². The number of nitrogens with zero attached hydrogens (tertiary/aromatic N) is 3. The van der Waals surface area contributed by atoms with Gasteiger partial charge in [-0.15, -0.1) is 10.2 Å². The van der Waals surface area contributed by atoms with E-state index in [0.717, 1.165) is 40.4 Å². The van der Waals surface area contributed by atoms with Crippen molar-refractivity contribution < 1.29 is 9.53 Å². The first-order valence-electron chi connectivity index (χ1n) is 9.90. The highest BCUT2D eigenvalue weighted by Gasteiger charge is 2.37. The van der Waals surface area contributed by atoms with Crippen LogP contribution in [0.5, 0.6) is 5.75 Å². The van der Waals surface area contributed by atoms with E-state index in [-0.39, 0.29) is 11.9 Å². The summed E-state index contributed by atoms with van der Waals surface area (Å²) >= 11 is 1.43. The van der Waals surface area contributed by atoms with E-state index in [1.54, 1.807) is 7.11 Å². The van der Waals surface area contributed by atoms with Crippen LogP contribution < -0.4 is 15.5 Å². The van der Waals surface area contributed by atoms with Gasteiger partial charge in [-0.1, -0.05) is 43.0 Å². The summed E-state index contributed by atoms with van der Waals surface area (Å²) in [5.41, 5.74) is 7.49. The summed E-state index contributed by atoms with van der Waals surface area (Å²) in [7, 11) is 1.64. The lowest BCUT2D eigenvalue weighted by Gasteiger charge is -2.33. The van der Waals surface area contributed by atoms with Gasteiger partial charge in [-0.2, -0.15) is 0 Å². The predicted molar refractivity (Wildman–Crippen MR) is 119 cm³/mol. The minimum absolute atomic E-state index is 0.0747. The van der Waals surface area contributed by atoms with E-state index in [4.69, 9.17) is 4.74 Å². The van der Waals surface area contributed by atoms with Crippen LogP contribution in [0.1, 0.15) is 35.5 Å². The van der Waals surface area contributed by atoms with Crippen molar-refractivity contribution in [2.24, 2.45) is 0 Å². The molecule has 0 fully saturated rings. The molecule has 2 aromatic carbocycles. The molecule has 0 saturated carbocycles. The molecule has 0 unspecified atom stereocenters. The first-order valence-corrected chi connectivity index (χ1v) is 10.8. The number of amides is 1.